The number of rotatable bonds is 6. The van der Waals surface area contributed by atoms with Gasteiger partial charge in [0.15, 0.2) is 0 Å². The standard InChI is InChI=1S/C63H40N4O/c1-3-17-47(18-4-1)66-57-27-13-11-25-55(57)64-61(66)45-37-44(38-46(39-45)62-65-56-26-12-14-28-58(56)67(62)48-19-5-2-6-20-48)42-33-31-41(32-34-42)43-35-36-50-49-21-7-8-22-51(49)63(54(50)40-43)52-23-9-15-29-59(52)68-60-30-16-10-24-53(60)63/h1-40H. The minimum Gasteiger partial charge on any atom is -0.457 e. The molecular weight excluding hydrogens is 829 g/mol. The second-order valence-electron chi connectivity index (χ2n) is 17.7. The van der Waals surface area contributed by atoms with E-state index >= 15 is 0 Å². The molecule has 1 spiro atoms. The van der Waals surface area contributed by atoms with Crippen LogP contribution >= 0.6 is 0 Å². The van der Waals surface area contributed by atoms with Crippen LogP contribution in [0.5, 0.6) is 11.5 Å². The van der Waals surface area contributed by atoms with Gasteiger partial charge in [-0.15, -0.1) is 0 Å². The maximum absolute atomic E-state index is 6.62. The number of para-hydroxylation sites is 8. The van der Waals surface area contributed by atoms with Gasteiger partial charge in [0, 0.05) is 33.6 Å². The fourth-order valence-corrected chi connectivity index (χ4v) is 11.1. The minimum atomic E-state index is -0.531. The highest BCUT2D eigenvalue weighted by Crippen LogP contribution is 2.62. The van der Waals surface area contributed by atoms with Crippen LogP contribution < -0.4 is 4.74 Å². The van der Waals surface area contributed by atoms with E-state index < -0.39 is 5.41 Å². The van der Waals surface area contributed by atoms with Gasteiger partial charge in [0.2, 0.25) is 0 Å². The van der Waals surface area contributed by atoms with Crippen molar-refractivity contribution in [3.05, 3.63) is 265 Å². The van der Waals surface area contributed by atoms with E-state index in [1.54, 1.807) is 0 Å². The molecule has 0 radical (unpaired) electrons. The molecule has 5 heteroatoms. The summed E-state index contributed by atoms with van der Waals surface area (Å²) in [6.07, 6.45) is 0. The quantitative estimate of drug-likeness (QED) is 0.167. The van der Waals surface area contributed by atoms with Crippen LogP contribution in [0.15, 0.2) is 243 Å². The number of fused-ring (bicyclic) bond motifs is 11. The average molecular weight is 869 g/mol. The summed E-state index contributed by atoms with van der Waals surface area (Å²) >= 11 is 0. The topological polar surface area (TPSA) is 44.9 Å². The van der Waals surface area contributed by atoms with E-state index in [1.807, 2.05) is 0 Å². The molecule has 1 aliphatic heterocycles. The zero-order chi connectivity index (χ0) is 44.8. The molecule has 0 unspecified atom stereocenters. The van der Waals surface area contributed by atoms with Gasteiger partial charge in [0.05, 0.1) is 27.5 Å². The molecule has 0 N–H and O–H groups in total. The lowest BCUT2D eigenvalue weighted by molar-refractivity contribution is 0.436. The molecular formula is C63H40N4O. The Morgan fingerprint density at radius 3 is 1.31 bits per heavy atom. The zero-order valence-electron chi connectivity index (χ0n) is 36.8. The summed E-state index contributed by atoms with van der Waals surface area (Å²) in [5.74, 6) is 3.51. The molecule has 10 aromatic carbocycles. The van der Waals surface area contributed by atoms with Gasteiger partial charge in [-0.25, -0.2) is 9.97 Å². The second-order valence-corrected chi connectivity index (χ2v) is 17.7. The van der Waals surface area contributed by atoms with E-state index in [1.165, 1.54) is 22.3 Å². The summed E-state index contributed by atoms with van der Waals surface area (Å²) in [6.45, 7) is 0. The largest absolute Gasteiger partial charge is 0.457 e. The fraction of sp³-hybridized carbons (Fsp3) is 0.0159. The average Bonchev–Trinajstić information content (AvgIpc) is 4.09. The predicted octanol–water partition coefficient (Wildman–Crippen LogP) is 15.5. The summed E-state index contributed by atoms with van der Waals surface area (Å²) < 4.78 is 11.2. The zero-order valence-corrected chi connectivity index (χ0v) is 36.8. The van der Waals surface area contributed by atoms with E-state index in [2.05, 4.69) is 252 Å². The molecule has 5 nitrogen and oxygen atoms in total. The molecule has 1 aliphatic carbocycles. The summed E-state index contributed by atoms with van der Waals surface area (Å²) in [6, 6.07) is 86.7. The molecule has 0 atom stereocenters. The lowest BCUT2D eigenvalue weighted by Crippen LogP contribution is -2.32. The van der Waals surface area contributed by atoms with Gasteiger partial charge in [0.1, 0.15) is 23.1 Å². The van der Waals surface area contributed by atoms with E-state index in [-0.39, 0.29) is 0 Å². The highest BCUT2D eigenvalue weighted by atomic mass is 16.5. The van der Waals surface area contributed by atoms with Crippen molar-refractivity contribution in [1.82, 2.24) is 19.1 Å². The van der Waals surface area contributed by atoms with E-state index in [0.717, 1.165) is 101 Å². The number of ether oxygens (including phenoxy) is 1. The number of aromatic nitrogens is 4. The summed E-state index contributed by atoms with van der Waals surface area (Å²) in [5, 5.41) is 0. The number of hydrogen-bond acceptors (Lipinski definition) is 3. The van der Waals surface area contributed by atoms with Crippen molar-refractivity contribution in [2.24, 2.45) is 0 Å². The lowest BCUT2D eigenvalue weighted by Gasteiger charge is -2.39. The molecule has 68 heavy (non-hydrogen) atoms. The van der Waals surface area contributed by atoms with Crippen LogP contribution in [0.3, 0.4) is 0 Å². The first-order chi connectivity index (χ1) is 33.7. The van der Waals surface area contributed by atoms with Crippen molar-refractivity contribution < 1.29 is 4.74 Å². The van der Waals surface area contributed by atoms with Crippen molar-refractivity contribution >= 4 is 22.1 Å². The summed E-state index contributed by atoms with van der Waals surface area (Å²) in [5.41, 5.74) is 19.4. The molecule has 2 aromatic heterocycles. The Kier molecular flexibility index (Phi) is 8.43. The first kappa shape index (κ1) is 38.2. The number of nitrogens with zero attached hydrogens (tertiary/aromatic N) is 4. The first-order valence-electron chi connectivity index (χ1n) is 23.1. The van der Waals surface area contributed by atoms with E-state index in [9.17, 15) is 0 Å². The molecule has 2 aliphatic rings. The van der Waals surface area contributed by atoms with Crippen molar-refractivity contribution in [3.8, 4) is 79.0 Å². The molecule has 14 rings (SSSR count). The van der Waals surface area contributed by atoms with Gasteiger partial charge in [-0.05, 0) is 129 Å². The molecule has 0 bridgehead atoms. The molecule has 12 aromatic rings. The Labute approximate surface area is 393 Å². The third-order valence-corrected chi connectivity index (χ3v) is 14.0. The van der Waals surface area contributed by atoms with Crippen LogP contribution in [0.1, 0.15) is 22.3 Å². The predicted molar refractivity (Wildman–Crippen MR) is 275 cm³/mol. The Morgan fingerprint density at radius 1 is 0.309 bits per heavy atom. The molecule has 0 saturated heterocycles. The maximum atomic E-state index is 6.62. The molecule has 318 valence electrons. The minimum absolute atomic E-state index is 0.531. The normalized spacial score (nSPS) is 12.9. The Hall–Kier alpha value is -9.06. The van der Waals surface area contributed by atoms with Crippen LogP contribution in [0.2, 0.25) is 0 Å². The van der Waals surface area contributed by atoms with Gasteiger partial charge >= 0.3 is 0 Å². The van der Waals surface area contributed by atoms with Gasteiger partial charge in [0.25, 0.3) is 0 Å². The smallest absolute Gasteiger partial charge is 0.145 e. The Balaban J connectivity index is 0.947. The SMILES string of the molecule is c1ccc(-n2c(-c3cc(-c4ccc(-c5ccc6c(c5)C5(c7ccccc7Oc7ccccc75)c5ccccc5-6)cc4)cc(-c4nc5ccccc5n4-c4ccccc4)c3)nc3ccccc32)cc1. The Bertz CT molecular complexity index is 3760. The number of hydrogen-bond donors (Lipinski definition) is 0. The van der Waals surface area contributed by atoms with Crippen molar-refractivity contribution in [3.63, 3.8) is 0 Å². The first-order valence-corrected chi connectivity index (χ1v) is 23.1. The third kappa shape index (κ3) is 5.69. The third-order valence-electron chi connectivity index (χ3n) is 14.0. The maximum Gasteiger partial charge on any atom is 0.145 e. The fourth-order valence-electron chi connectivity index (χ4n) is 11.1. The molecule has 0 fully saturated rings. The van der Waals surface area contributed by atoms with Crippen molar-refractivity contribution in [2.45, 2.75) is 5.41 Å². The Morgan fingerprint density at radius 2 is 0.735 bits per heavy atom. The number of benzene rings is 10. The summed E-state index contributed by atoms with van der Waals surface area (Å²) in [7, 11) is 0. The highest BCUT2D eigenvalue weighted by molar-refractivity contribution is 5.92. The van der Waals surface area contributed by atoms with Gasteiger partial charge < -0.3 is 4.74 Å². The van der Waals surface area contributed by atoms with Crippen molar-refractivity contribution in [2.75, 3.05) is 0 Å². The van der Waals surface area contributed by atoms with E-state index in [0.29, 0.717) is 0 Å². The second kappa shape index (κ2) is 15.0. The number of imidazole rings is 2. The van der Waals surface area contributed by atoms with Crippen LogP contribution in [0.4, 0.5) is 0 Å². The van der Waals surface area contributed by atoms with Crippen LogP contribution in [-0.2, 0) is 5.41 Å². The van der Waals surface area contributed by atoms with Gasteiger partial charge in [-0.1, -0.05) is 158 Å². The lowest BCUT2D eigenvalue weighted by atomic mass is 9.66. The molecule has 0 amide bonds. The van der Waals surface area contributed by atoms with Crippen LogP contribution in [0.25, 0.3) is 89.6 Å². The van der Waals surface area contributed by atoms with Crippen molar-refractivity contribution in [1.29, 1.82) is 0 Å². The van der Waals surface area contributed by atoms with E-state index in [4.69, 9.17) is 14.7 Å². The molecule has 3 heterocycles. The monoisotopic (exact) mass is 868 g/mol. The van der Waals surface area contributed by atoms with Gasteiger partial charge in [-0.2, -0.15) is 0 Å². The van der Waals surface area contributed by atoms with Crippen LogP contribution in [-0.4, -0.2) is 19.1 Å². The molecule has 0 saturated carbocycles. The van der Waals surface area contributed by atoms with Gasteiger partial charge in [-0.3, -0.25) is 9.13 Å². The van der Waals surface area contributed by atoms with Crippen LogP contribution in [0, 0.1) is 0 Å². The highest BCUT2D eigenvalue weighted by Gasteiger charge is 2.51. The summed E-state index contributed by atoms with van der Waals surface area (Å²) in [4.78, 5) is 10.7.